The first-order chi connectivity index (χ1) is 9.41. The lowest BCUT2D eigenvalue weighted by Crippen LogP contribution is -2.57. The Morgan fingerprint density at radius 2 is 1.85 bits per heavy atom. The van der Waals surface area contributed by atoms with Gasteiger partial charge in [-0.2, -0.15) is 0 Å². The summed E-state index contributed by atoms with van der Waals surface area (Å²) in [4.78, 5) is 12.6. The lowest BCUT2D eigenvalue weighted by molar-refractivity contribution is -0.126. The van der Waals surface area contributed by atoms with Crippen molar-refractivity contribution in [1.82, 2.24) is 10.6 Å². The molecule has 0 spiro atoms. The molecule has 1 amide bonds. The molecule has 0 aromatic heterocycles. The molecule has 1 heterocycles. The number of carbonyl (C=O) groups is 1. The van der Waals surface area contributed by atoms with Gasteiger partial charge in [-0.05, 0) is 46.1 Å². The average molecular weight is 274 g/mol. The van der Waals surface area contributed by atoms with Crippen molar-refractivity contribution in [2.45, 2.75) is 64.1 Å². The molecule has 3 heteroatoms. The van der Waals surface area contributed by atoms with Crippen LogP contribution in [0.1, 0.15) is 46.1 Å². The van der Waals surface area contributed by atoms with Gasteiger partial charge < -0.3 is 10.6 Å². The van der Waals surface area contributed by atoms with Crippen LogP contribution in [0.25, 0.3) is 0 Å². The SMILES string of the molecule is CC1CCC(NC(=O)C(C)(C)c2ccccc2)C(C)N1. The smallest absolute Gasteiger partial charge is 0.230 e. The topological polar surface area (TPSA) is 41.1 Å². The number of hydrogen-bond acceptors (Lipinski definition) is 2. The van der Waals surface area contributed by atoms with Gasteiger partial charge >= 0.3 is 0 Å². The number of benzene rings is 1. The molecule has 0 aliphatic carbocycles. The quantitative estimate of drug-likeness (QED) is 0.889. The first-order valence-electron chi connectivity index (χ1n) is 7.54. The monoisotopic (exact) mass is 274 g/mol. The number of rotatable bonds is 3. The second-order valence-corrected chi connectivity index (χ2v) is 6.50. The maximum atomic E-state index is 12.6. The zero-order valence-corrected chi connectivity index (χ0v) is 12.9. The van der Waals surface area contributed by atoms with Crippen LogP contribution in [0, 0.1) is 0 Å². The summed E-state index contributed by atoms with van der Waals surface area (Å²) in [6, 6.07) is 11.1. The molecule has 0 bridgehead atoms. The first kappa shape index (κ1) is 15.0. The van der Waals surface area contributed by atoms with Gasteiger partial charge in [0, 0.05) is 18.1 Å². The van der Waals surface area contributed by atoms with Crippen molar-refractivity contribution in [3.8, 4) is 0 Å². The van der Waals surface area contributed by atoms with Crippen LogP contribution in [0.2, 0.25) is 0 Å². The van der Waals surface area contributed by atoms with Gasteiger partial charge in [-0.15, -0.1) is 0 Å². The van der Waals surface area contributed by atoms with Crippen molar-refractivity contribution < 1.29 is 4.79 Å². The van der Waals surface area contributed by atoms with E-state index in [1.165, 1.54) is 0 Å². The Bertz CT molecular complexity index is 455. The summed E-state index contributed by atoms with van der Waals surface area (Å²) in [5.41, 5.74) is 0.562. The van der Waals surface area contributed by atoms with Gasteiger partial charge in [0.15, 0.2) is 0 Å². The Kier molecular flexibility index (Phi) is 4.48. The molecular weight excluding hydrogens is 248 g/mol. The molecule has 2 rings (SSSR count). The van der Waals surface area contributed by atoms with Gasteiger partial charge in [-0.1, -0.05) is 30.3 Å². The van der Waals surface area contributed by atoms with E-state index in [2.05, 4.69) is 24.5 Å². The van der Waals surface area contributed by atoms with E-state index >= 15 is 0 Å². The molecule has 1 aromatic carbocycles. The molecule has 3 atom stereocenters. The van der Waals surface area contributed by atoms with Gasteiger partial charge in [-0.25, -0.2) is 0 Å². The van der Waals surface area contributed by atoms with E-state index in [0.717, 1.165) is 18.4 Å². The standard InChI is InChI=1S/C17H26N2O/c1-12-10-11-15(13(2)18-12)19-16(20)17(3,4)14-8-6-5-7-9-14/h5-9,12-13,15,18H,10-11H2,1-4H3,(H,19,20). The van der Waals surface area contributed by atoms with E-state index in [9.17, 15) is 4.79 Å². The molecule has 0 saturated carbocycles. The van der Waals surface area contributed by atoms with E-state index in [1.807, 2.05) is 44.2 Å². The number of amides is 1. The third-order valence-corrected chi connectivity index (χ3v) is 4.44. The predicted octanol–water partition coefficient (Wildman–Crippen LogP) is 2.61. The molecule has 0 radical (unpaired) electrons. The van der Waals surface area contributed by atoms with Gasteiger partial charge in [0.1, 0.15) is 0 Å². The molecule has 3 unspecified atom stereocenters. The summed E-state index contributed by atoms with van der Waals surface area (Å²) in [6.07, 6.45) is 2.16. The fraction of sp³-hybridized carbons (Fsp3) is 0.588. The molecule has 1 aliphatic heterocycles. The lowest BCUT2D eigenvalue weighted by atomic mass is 9.83. The molecular formula is C17H26N2O. The van der Waals surface area contributed by atoms with Crippen molar-refractivity contribution in [1.29, 1.82) is 0 Å². The Hall–Kier alpha value is -1.35. The number of carbonyl (C=O) groups excluding carboxylic acids is 1. The van der Waals surface area contributed by atoms with E-state index in [4.69, 9.17) is 0 Å². The molecule has 110 valence electrons. The van der Waals surface area contributed by atoms with Gasteiger partial charge in [0.2, 0.25) is 5.91 Å². The Balaban J connectivity index is 2.04. The molecule has 1 aliphatic rings. The summed E-state index contributed by atoms with van der Waals surface area (Å²) < 4.78 is 0. The Labute approximate surface area is 122 Å². The highest BCUT2D eigenvalue weighted by molar-refractivity contribution is 5.87. The van der Waals surface area contributed by atoms with Crippen LogP contribution < -0.4 is 10.6 Å². The lowest BCUT2D eigenvalue weighted by Gasteiger charge is -2.36. The Morgan fingerprint density at radius 1 is 1.20 bits per heavy atom. The third-order valence-electron chi connectivity index (χ3n) is 4.44. The average Bonchev–Trinajstić information content (AvgIpc) is 2.42. The highest BCUT2D eigenvalue weighted by atomic mass is 16.2. The maximum Gasteiger partial charge on any atom is 0.230 e. The van der Waals surface area contributed by atoms with E-state index < -0.39 is 5.41 Å². The third kappa shape index (κ3) is 3.21. The summed E-state index contributed by atoms with van der Waals surface area (Å²) in [7, 11) is 0. The second kappa shape index (κ2) is 5.96. The van der Waals surface area contributed by atoms with Crippen LogP contribution in [0.15, 0.2) is 30.3 Å². The van der Waals surface area contributed by atoms with Crippen molar-refractivity contribution in [3.05, 3.63) is 35.9 Å². The molecule has 2 N–H and O–H groups in total. The largest absolute Gasteiger partial charge is 0.351 e. The summed E-state index contributed by atoms with van der Waals surface area (Å²) in [6.45, 7) is 8.32. The van der Waals surface area contributed by atoms with Gasteiger partial charge in [-0.3, -0.25) is 4.79 Å². The van der Waals surface area contributed by atoms with Gasteiger partial charge in [0.05, 0.1) is 5.41 Å². The zero-order valence-electron chi connectivity index (χ0n) is 12.9. The maximum absolute atomic E-state index is 12.6. The fourth-order valence-corrected chi connectivity index (χ4v) is 2.86. The van der Waals surface area contributed by atoms with E-state index in [0.29, 0.717) is 12.1 Å². The molecule has 1 saturated heterocycles. The highest BCUT2D eigenvalue weighted by Gasteiger charge is 2.33. The minimum Gasteiger partial charge on any atom is -0.351 e. The van der Waals surface area contributed by atoms with Crippen molar-refractivity contribution >= 4 is 5.91 Å². The number of hydrogen-bond donors (Lipinski definition) is 2. The molecule has 1 aromatic rings. The molecule has 20 heavy (non-hydrogen) atoms. The summed E-state index contributed by atoms with van der Waals surface area (Å²) in [5, 5.41) is 6.74. The van der Waals surface area contributed by atoms with Crippen LogP contribution in [0.5, 0.6) is 0 Å². The van der Waals surface area contributed by atoms with Crippen LogP contribution in [-0.4, -0.2) is 24.0 Å². The number of nitrogens with one attached hydrogen (secondary N) is 2. The van der Waals surface area contributed by atoms with Crippen LogP contribution in [0.4, 0.5) is 0 Å². The summed E-state index contributed by atoms with van der Waals surface area (Å²) in [5.74, 6) is 0.108. The second-order valence-electron chi connectivity index (χ2n) is 6.50. The minimum absolute atomic E-state index is 0.108. The zero-order chi connectivity index (χ0) is 14.8. The van der Waals surface area contributed by atoms with Crippen molar-refractivity contribution in [2.75, 3.05) is 0 Å². The van der Waals surface area contributed by atoms with Crippen molar-refractivity contribution in [3.63, 3.8) is 0 Å². The molecule has 1 fully saturated rings. The highest BCUT2D eigenvalue weighted by Crippen LogP contribution is 2.24. The van der Waals surface area contributed by atoms with Gasteiger partial charge in [0.25, 0.3) is 0 Å². The van der Waals surface area contributed by atoms with Crippen LogP contribution >= 0.6 is 0 Å². The van der Waals surface area contributed by atoms with E-state index in [-0.39, 0.29) is 11.9 Å². The predicted molar refractivity (Wildman–Crippen MR) is 82.7 cm³/mol. The van der Waals surface area contributed by atoms with E-state index in [1.54, 1.807) is 0 Å². The molecule has 3 nitrogen and oxygen atoms in total. The summed E-state index contributed by atoms with van der Waals surface area (Å²) >= 11 is 0. The van der Waals surface area contributed by atoms with Crippen LogP contribution in [-0.2, 0) is 10.2 Å². The van der Waals surface area contributed by atoms with Crippen molar-refractivity contribution in [2.24, 2.45) is 0 Å². The fourth-order valence-electron chi connectivity index (χ4n) is 2.86. The van der Waals surface area contributed by atoms with Crippen LogP contribution in [0.3, 0.4) is 0 Å². The minimum atomic E-state index is -0.496. The first-order valence-corrected chi connectivity index (χ1v) is 7.54. The Morgan fingerprint density at radius 3 is 2.45 bits per heavy atom. The number of piperidine rings is 1. The normalized spacial score (nSPS) is 27.1.